The molecule has 0 aromatic carbocycles. The van der Waals surface area contributed by atoms with Crippen molar-refractivity contribution in [2.75, 3.05) is 0 Å². The predicted molar refractivity (Wildman–Crippen MR) is 46.7 cm³/mol. The third kappa shape index (κ3) is 1.19. The lowest BCUT2D eigenvalue weighted by molar-refractivity contribution is 0.398. The second kappa shape index (κ2) is 2.95. The third-order valence-corrected chi connectivity index (χ3v) is 3.23. The molecule has 2 nitrogen and oxygen atoms in total. The van der Waals surface area contributed by atoms with Gasteiger partial charge in [-0.25, -0.2) is 4.39 Å². The van der Waals surface area contributed by atoms with Crippen molar-refractivity contribution < 1.29 is 13.2 Å². The van der Waals surface area contributed by atoms with E-state index in [0.717, 1.165) is 12.8 Å². The zero-order valence-corrected chi connectivity index (χ0v) is 7.86. The zero-order valence-electron chi connectivity index (χ0n) is 7.86. The van der Waals surface area contributed by atoms with Crippen LogP contribution in [0.5, 0.6) is 0 Å². The molecule has 5 heteroatoms. The first kappa shape index (κ1) is 9.15. The van der Waals surface area contributed by atoms with Crippen molar-refractivity contribution in [3.8, 4) is 0 Å². The molecule has 2 atom stereocenters. The van der Waals surface area contributed by atoms with Crippen LogP contribution in [0.25, 0.3) is 0 Å². The number of halogens is 3. The Hall–Kier alpha value is -1.10. The molecule has 1 N–H and O–H groups in total. The first-order chi connectivity index (χ1) is 7.16. The summed E-state index contributed by atoms with van der Waals surface area (Å²) in [6.45, 7) is 0. The fourth-order valence-electron chi connectivity index (χ4n) is 2.57. The Morgan fingerprint density at radius 1 is 1.13 bits per heavy atom. The molecular weight excluding hydrogens is 205 g/mol. The van der Waals surface area contributed by atoms with Gasteiger partial charge < -0.3 is 5.32 Å². The normalized spacial score (nSPS) is 27.9. The smallest absolute Gasteiger partial charge is 0.251 e. The van der Waals surface area contributed by atoms with E-state index in [1.165, 1.54) is 0 Å². The Morgan fingerprint density at radius 2 is 1.93 bits per heavy atom. The molecule has 3 rings (SSSR count). The van der Waals surface area contributed by atoms with E-state index in [0.29, 0.717) is 6.42 Å². The number of rotatable bonds is 0. The fraction of sp³-hybridized carbons (Fsp3) is 0.500. The minimum Gasteiger partial charge on any atom is -0.307 e. The number of fused-ring (bicyclic) bond motifs is 4. The number of aromatic nitrogens is 1. The van der Waals surface area contributed by atoms with Gasteiger partial charge in [0.1, 0.15) is 0 Å². The van der Waals surface area contributed by atoms with Crippen LogP contribution in [0.4, 0.5) is 13.2 Å². The van der Waals surface area contributed by atoms with Gasteiger partial charge >= 0.3 is 0 Å². The topological polar surface area (TPSA) is 24.9 Å². The Balaban J connectivity index is 2.24. The highest BCUT2D eigenvalue weighted by molar-refractivity contribution is 5.35. The fourth-order valence-corrected chi connectivity index (χ4v) is 2.57. The molecule has 2 aliphatic heterocycles. The van der Waals surface area contributed by atoms with Gasteiger partial charge in [0.2, 0.25) is 5.95 Å². The molecule has 2 aliphatic rings. The molecule has 1 aromatic rings. The Morgan fingerprint density at radius 3 is 2.73 bits per heavy atom. The van der Waals surface area contributed by atoms with E-state index in [4.69, 9.17) is 0 Å². The summed E-state index contributed by atoms with van der Waals surface area (Å²) in [6, 6.07) is -0.0607. The maximum absolute atomic E-state index is 13.5. The van der Waals surface area contributed by atoms with Crippen molar-refractivity contribution in [2.45, 2.75) is 31.3 Å². The maximum atomic E-state index is 13.5. The second-order valence-electron chi connectivity index (χ2n) is 4.10. The largest absolute Gasteiger partial charge is 0.307 e. The number of nitrogens with one attached hydrogen (secondary N) is 1. The summed E-state index contributed by atoms with van der Waals surface area (Å²) in [7, 11) is 0. The minimum atomic E-state index is -1.33. The average Bonchev–Trinajstić information content (AvgIpc) is 2.57. The van der Waals surface area contributed by atoms with Gasteiger partial charge in [-0.2, -0.15) is 13.8 Å². The first-order valence-corrected chi connectivity index (χ1v) is 4.96. The van der Waals surface area contributed by atoms with Gasteiger partial charge in [0.15, 0.2) is 5.82 Å². The molecule has 80 valence electrons. The van der Waals surface area contributed by atoms with Crippen LogP contribution in [0.3, 0.4) is 0 Å². The van der Waals surface area contributed by atoms with Crippen LogP contribution >= 0.6 is 0 Å². The Kier molecular flexibility index (Phi) is 1.80. The van der Waals surface area contributed by atoms with Crippen molar-refractivity contribution >= 4 is 0 Å². The third-order valence-electron chi connectivity index (χ3n) is 3.23. The summed E-state index contributed by atoms with van der Waals surface area (Å²) < 4.78 is 39.8. The highest BCUT2D eigenvalue weighted by Gasteiger charge is 2.37. The van der Waals surface area contributed by atoms with Gasteiger partial charge in [-0.05, 0) is 19.3 Å². The summed E-state index contributed by atoms with van der Waals surface area (Å²) in [5.41, 5.74) is 0.397. The van der Waals surface area contributed by atoms with E-state index in [-0.39, 0.29) is 23.2 Å². The van der Waals surface area contributed by atoms with E-state index in [1.54, 1.807) is 0 Å². The van der Waals surface area contributed by atoms with Gasteiger partial charge in [0.05, 0.1) is 0 Å². The van der Waals surface area contributed by atoms with Crippen LogP contribution < -0.4 is 5.32 Å². The van der Waals surface area contributed by atoms with Crippen molar-refractivity contribution in [3.63, 3.8) is 0 Å². The average molecular weight is 214 g/mol. The van der Waals surface area contributed by atoms with Crippen LogP contribution in [-0.4, -0.2) is 11.0 Å². The lowest BCUT2D eigenvalue weighted by Gasteiger charge is -2.24. The highest BCUT2D eigenvalue weighted by Crippen LogP contribution is 2.38. The molecule has 1 fully saturated rings. The van der Waals surface area contributed by atoms with Gasteiger partial charge in [-0.15, -0.1) is 0 Å². The summed E-state index contributed by atoms with van der Waals surface area (Å²) in [6.07, 6.45) is 2.01. The Bertz CT molecular complexity index is 433. The molecule has 1 aromatic heterocycles. The molecular formula is C10H9F3N2. The molecule has 0 saturated carbocycles. The van der Waals surface area contributed by atoms with Crippen LogP contribution in [0.15, 0.2) is 0 Å². The number of hydrogen-bond acceptors (Lipinski definition) is 2. The predicted octanol–water partition coefficient (Wildman–Crippen LogP) is 1.85. The summed E-state index contributed by atoms with van der Waals surface area (Å²) in [5, 5.41) is 3.14. The quantitative estimate of drug-likeness (QED) is 0.666. The minimum absolute atomic E-state index is 0.147. The van der Waals surface area contributed by atoms with E-state index < -0.39 is 17.7 Å². The summed E-state index contributed by atoms with van der Waals surface area (Å²) in [4.78, 5) is 2.95. The lowest BCUT2D eigenvalue weighted by atomic mass is 9.96. The van der Waals surface area contributed by atoms with Crippen LogP contribution in [0.2, 0.25) is 0 Å². The standard InChI is InChI=1S/C10H9F3N2/c11-8-7-5(9(12)15-10(8)13)3-4-1-2-6(7)14-4/h4,6,14H,1-3H2. The lowest BCUT2D eigenvalue weighted by Crippen LogP contribution is -2.34. The molecule has 0 radical (unpaired) electrons. The van der Waals surface area contributed by atoms with E-state index in [9.17, 15) is 13.2 Å². The number of pyridine rings is 1. The molecule has 3 heterocycles. The Labute approximate surface area is 84.5 Å². The molecule has 2 unspecified atom stereocenters. The van der Waals surface area contributed by atoms with E-state index in [1.807, 2.05) is 0 Å². The van der Waals surface area contributed by atoms with Gasteiger partial charge in [0.25, 0.3) is 5.95 Å². The first-order valence-electron chi connectivity index (χ1n) is 4.96. The SMILES string of the molecule is Fc1nc(F)c2c(c1F)C1CCC(C2)N1. The summed E-state index contributed by atoms with van der Waals surface area (Å²) >= 11 is 0. The summed E-state index contributed by atoms with van der Waals surface area (Å²) in [5.74, 6) is -3.19. The maximum Gasteiger partial charge on any atom is 0.251 e. The van der Waals surface area contributed by atoms with E-state index in [2.05, 4.69) is 10.3 Å². The van der Waals surface area contributed by atoms with Gasteiger partial charge in [0, 0.05) is 23.2 Å². The number of hydrogen-bond donors (Lipinski definition) is 1. The molecule has 0 amide bonds. The van der Waals surface area contributed by atoms with Crippen LogP contribution in [-0.2, 0) is 6.42 Å². The van der Waals surface area contributed by atoms with Gasteiger partial charge in [-0.1, -0.05) is 0 Å². The number of nitrogens with zero attached hydrogens (tertiary/aromatic N) is 1. The zero-order chi connectivity index (χ0) is 10.6. The van der Waals surface area contributed by atoms with Crippen LogP contribution in [0, 0.1) is 17.7 Å². The van der Waals surface area contributed by atoms with Crippen LogP contribution in [0.1, 0.15) is 30.0 Å². The second-order valence-corrected chi connectivity index (χ2v) is 4.10. The molecule has 0 spiro atoms. The molecule has 2 bridgehead atoms. The molecule has 1 saturated heterocycles. The van der Waals surface area contributed by atoms with Crippen molar-refractivity contribution in [1.29, 1.82) is 0 Å². The van der Waals surface area contributed by atoms with Crippen molar-refractivity contribution in [1.82, 2.24) is 10.3 Å². The van der Waals surface area contributed by atoms with E-state index >= 15 is 0 Å². The van der Waals surface area contributed by atoms with Gasteiger partial charge in [-0.3, -0.25) is 0 Å². The molecule has 0 aliphatic carbocycles. The highest BCUT2D eigenvalue weighted by atomic mass is 19.2. The molecule has 15 heavy (non-hydrogen) atoms. The monoisotopic (exact) mass is 214 g/mol. The van der Waals surface area contributed by atoms with Crippen molar-refractivity contribution in [3.05, 3.63) is 28.8 Å². The van der Waals surface area contributed by atoms with Crippen molar-refractivity contribution in [2.24, 2.45) is 0 Å².